The molecule has 2 aromatic rings. The number of aliphatic carboxylic acids is 1. The van der Waals surface area contributed by atoms with Crippen molar-refractivity contribution in [2.75, 3.05) is 11.1 Å². The van der Waals surface area contributed by atoms with E-state index in [-0.39, 0.29) is 6.42 Å². The quantitative estimate of drug-likeness (QED) is 0.734. The molecule has 100 valence electrons. The molecule has 0 aliphatic carbocycles. The van der Waals surface area contributed by atoms with Gasteiger partial charge < -0.3 is 20.6 Å². The van der Waals surface area contributed by atoms with Gasteiger partial charge in [0.25, 0.3) is 0 Å². The maximum absolute atomic E-state index is 10.5. The molecular weight excluding hydrogens is 246 g/mol. The molecule has 0 atom stereocenters. The summed E-state index contributed by atoms with van der Waals surface area (Å²) in [5, 5.41) is 11.7. The van der Waals surface area contributed by atoms with Crippen molar-refractivity contribution in [3.8, 4) is 0 Å². The first kappa shape index (κ1) is 12.9. The van der Waals surface area contributed by atoms with Crippen LogP contribution in [0.4, 0.5) is 11.4 Å². The van der Waals surface area contributed by atoms with Gasteiger partial charge in [0, 0.05) is 12.6 Å². The lowest BCUT2D eigenvalue weighted by Gasteiger charge is -2.06. The van der Waals surface area contributed by atoms with E-state index in [4.69, 9.17) is 15.3 Å². The molecule has 6 heteroatoms. The Balaban J connectivity index is 1.90. The lowest BCUT2D eigenvalue weighted by atomic mass is 10.2. The van der Waals surface area contributed by atoms with Gasteiger partial charge in [-0.3, -0.25) is 9.78 Å². The number of anilines is 2. The maximum atomic E-state index is 10.5. The summed E-state index contributed by atoms with van der Waals surface area (Å²) in [5.74, 6) is 0.569. The van der Waals surface area contributed by atoms with E-state index in [9.17, 15) is 4.79 Å². The summed E-state index contributed by atoms with van der Waals surface area (Å²) in [6, 6.07) is 5.39. The molecule has 0 bridgehead atoms. The first-order chi connectivity index (χ1) is 9.15. The molecule has 0 radical (unpaired) electrons. The van der Waals surface area contributed by atoms with Gasteiger partial charge in [-0.2, -0.15) is 0 Å². The first-order valence-corrected chi connectivity index (χ1v) is 5.88. The predicted octanol–water partition coefficient (Wildman–Crippen LogP) is 1.89. The van der Waals surface area contributed by atoms with Gasteiger partial charge in [-0.15, -0.1) is 0 Å². The summed E-state index contributed by atoms with van der Waals surface area (Å²) in [4.78, 5) is 14.4. The fourth-order valence-electron chi connectivity index (χ4n) is 1.63. The molecule has 0 saturated heterocycles. The number of pyridine rings is 1. The van der Waals surface area contributed by atoms with Crippen molar-refractivity contribution in [3.05, 3.63) is 42.1 Å². The van der Waals surface area contributed by atoms with E-state index in [2.05, 4.69) is 10.3 Å². The minimum atomic E-state index is -0.833. The number of hydrogen-bond acceptors (Lipinski definition) is 5. The van der Waals surface area contributed by atoms with E-state index in [1.807, 2.05) is 6.07 Å². The Morgan fingerprint density at radius 1 is 1.37 bits per heavy atom. The van der Waals surface area contributed by atoms with Gasteiger partial charge in [-0.05, 0) is 18.2 Å². The van der Waals surface area contributed by atoms with Crippen LogP contribution in [0.1, 0.15) is 17.9 Å². The maximum Gasteiger partial charge on any atom is 0.303 e. The molecule has 0 aliphatic heterocycles. The van der Waals surface area contributed by atoms with Gasteiger partial charge in [0.1, 0.15) is 11.5 Å². The zero-order chi connectivity index (χ0) is 13.7. The number of nitrogen functional groups attached to an aromatic ring is 1. The van der Waals surface area contributed by atoms with Crippen LogP contribution in [0, 0.1) is 0 Å². The lowest BCUT2D eigenvalue weighted by Crippen LogP contribution is -2.01. The summed E-state index contributed by atoms with van der Waals surface area (Å²) in [6.07, 6.45) is 3.69. The van der Waals surface area contributed by atoms with E-state index in [0.717, 1.165) is 11.4 Å². The highest BCUT2D eigenvalue weighted by atomic mass is 16.4. The monoisotopic (exact) mass is 261 g/mol. The molecule has 0 saturated carbocycles. The molecule has 0 fully saturated rings. The standard InChI is InChI=1S/C13H15N3O3/c14-11-8-15-6-5-12(11)16-7-10-2-1-9(19-10)3-4-13(17)18/h1-2,5-6,8H,3-4,7,14H2,(H,15,16)(H,17,18). The fourth-order valence-corrected chi connectivity index (χ4v) is 1.63. The molecule has 2 aromatic heterocycles. The average Bonchev–Trinajstić information content (AvgIpc) is 2.83. The Hall–Kier alpha value is -2.50. The molecule has 19 heavy (non-hydrogen) atoms. The van der Waals surface area contributed by atoms with Crippen molar-refractivity contribution in [3.63, 3.8) is 0 Å². The number of aryl methyl sites for hydroxylation is 1. The topological polar surface area (TPSA) is 101 Å². The third kappa shape index (κ3) is 3.74. The number of carbonyl (C=O) groups is 1. The smallest absolute Gasteiger partial charge is 0.303 e. The Kier molecular flexibility index (Phi) is 4.02. The number of rotatable bonds is 6. The van der Waals surface area contributed by atoms with Crippen LogP contribution in [-0.2, 0) is 17.8 Å². The first-order valence-electron chi connectivity index (χ1n) is 5.88. The van der Waals surface area contributed by atoms with Crippen LogP contribution in [0.25, 0.3) is 0 Å². The van der Waals surface area contributed by atoms with E-state index in [1.165, 1.54) is 0 Å². The second-order valence-electron chi connectivity index (χ2n) is 4.08. The zero-order valence-corrected chi connectivity index (χ0v) is 10.3. The van der Waals surface area contributed by atoms with Gasteiger partial charge in [-0.25, -0.2) is 0 Å². The predicted molar refractivity (Wildman–Crippen MR) is 70.6 cm³/mol. The average molecular weight is 261 g/mol. The summed E-state index contributed by atoms with van der Waals surface area (Å²) in [5.41, 5.74) is 7.11. The highest BCUT2D eigenvalue weighted by molar-refractivity contribution is 5.67. The Bertz CT molecular complexity index is 566. The van der Waals surface area contributed by atoms with Crippen molar-refractivity contribution in [1.82, 2.24) is 4.98 Å². The number of nitrogens with zero attached hydrogens (tertiary/aromatic N) is 1. The van der Waals surface area contributed by atoms with Crippen molar-refractivity contribution < 1.29 is 14.3 Å². The largest absolute Gasteiger partial charge is 0.481 e. The molecule has 0 unspecified atom stereocenters. The fraction of sp³-hybridized carbons (Fsp3) is 0.231. The summed E-state index contributed by atoms with van der Waals surface area (Å²) in [6.45, 7) is 0.487. The summed E-state index contributed by atoms with van der Waals surface area (Å²) >= 11 is 0. The van der Waals surface area contributed by atoms with Crippen molar-refractivity contribution in [2.24, 2.45) is 0 Å². The van der Waals surface area contributed by atoms with Gasteiger partial charge in [-0.1, -0.05) is 0 Å². The van der Waals surface area contributed by atoms with Crippen molar-refractivity contribution >= 4 is 17.3 Å². The number of furan rings is 1. The third-order valence-electron chi connectivity index (χ3n) is 2.61. The number of carboxylic acids is 1. The normalized spacial score (nSPS) is 10.3. The van der Waals surface area contributed by atoms with Crippen LogP contribution >= 0.6 is 0 Å². The number of hydrogen-bond donors (Lipinski definition) is 3. The molecule has 0 spiro atoms. The SMILES string of the molecule is Nc1cnccc1NCc1ccc(CCC(=O)O)o1. The highest BCUT2D eigenvalue weighted by Gasteiger charge is 2.05. The van der Waals surface area contributed by atoms with Crippen molar-refractivity contribution in [1.29, 1.82) is 0 Å². The molecule has 2 rings (SSSR count). The summed E-state index contributed by atoms with van der Waals surface area (Å²) < 4.78 is 5.51. The number of aromatic nitrogens is 1. The van der Waals surface area contributed by atoms with E-state index >= 15 is 0 Å². The minimum Gasteiger partial charge on any atom is -0.481 e. The number of nitrogens with one attached hydrogen (secondary N) is 1. The molecule has 2 heterocycles. The van der Waals surface area contributed by atoms with Crippen molar-refractivity contribution in [2.45, 2.75) is 19.4 Å². The Morgan fingerprint density at radius 3 is 2.89 bits per heavy atom. The molecule has 0 amide bonds. The third-order valence-corrected chi connectivity index (χ3v) is 2.61. The van der Waals surface area contributed by atoms with E-state index < -0.39 is 5.97 Å². The van der Waals surface area contributed by atoms with Crippen LogP contribution in [-0.4, -0.2) is 16.1 Å². The minimum absolute atomic E-state index is 0.0671. The molecule has 0 aliphatic rings. The van der Waals surface area contributed by atoms with Crippen LogP contribution < -0.4 is 11.1 Å². The Labute approximate surface area is 110 Å². The van der Waals surface area contributed by atoms with Crippen LogP contribution in [0.15, 0.2) is 35.0 Å². The number of nitrogens with two attached hydrogens (primary N) is 1. The molecule has 0 aromatic carbocycles. The number of carboxylic acid groups (broad SMARTS) is 1. The van der Waals surface area contributed by atoms with Crippen LogP contribution in [0.2, 0.25) is 0 Å². The molecular formula is C13H15N3O3. The highest BCUT2D eigenvalue weighted by Crippen LogP contribution is 2.17. The molecule has 4 N–H and O–H groups in total. The second-order valence-corrected chi connectivity index (χ2v) is 4.08. The van der Waals surface area contributed by atoms with E-state index in [1.54, 1.807) is 24.5 Å². The Morgan fingerprint density at radius 2 is 2.16 bits per heavy atom. The van der Waals surface area contributed by atoms with Gasteiger partial charge in [0.2, 0.25) is 0 Å². The van der Waals surface area contributed by atoms with Gasteiger partial charge in [0.05, 0.1) is 30.5 Å². The molecule has 6 nitrogen and oxygen atoms in total. The second kappa shape index (κ2) is 5.90. The zero-order valence-electron chi connectivity index (χ0n) is 10.3. The summed E-state index contributed by atoms with van der Waals surface area (Å²) in [7, 11) is 0. The van der Waals surface area contributed by atoms with Gasteiger partial charge >= 0.3 is 5.97 Å². The lowest BCUT2D eigenvalue weighted by molar-refractivity contribution is -0.137. The van der Waals surface area contributed by atoms with Gasteiger partial charge in [0.15, 0.2) is 0 Å². The van der Waals surface area contributed by atoms with E-state index in [0.29, 0.717) is 24.4 Å². The van der Waals surface area contributed by atoms with Crippen LogP contribution in [0.5, 0.6) is 0 Å². The van der Waals surface area contributed by atoms with Crippen LogP contribution in [0.3, 0.4) is 0 Å².